The maximum absolute atomic E-state index is 12.7. The Hall–Kier alpha value is -0.310. The van der Waals surface area contributed by atoms with Gasteiger partial charge >= 0.3 is 6.18 Å². The van der Waals surface area contributed by atoms with Gasteiger partial charge in [0.1, 0.15) is 9.35 Å². The topological polar surface area (TPSA) is 17.3 Å². The second-order valence-electron chi connectivity index (χ2n) is 2.82. The van der Waals surface area contributed by atoms with Crippen LogP contribution in [0.2, 0.25) is 0 Å². The van der Waals surface area contributed by atoms with E-state index in [2.05, 4.69) is 20.9 Å². The highest BCUT2D eigenvalue weighted by Crippen LogP contribution is 2.33. The number of hydrogen-bond acceptors (Lipinski definition) is 1. The summed E-state index contributed by atoms with van der Waals surface area (Å²) in [6.45, 7) is 0. The van der Waals surface area contributed by atoms with E-state index in [0.29, 0.717) is 4.47 Å². The number of aromatic nitrogens is 2. The molecule has 0 saturated heterocycles. The van der Waals surface area contributed by atoms with E-state index in [0.717, 1.165) is 4.40 Å². The van der Waals surface area contributed by atoms with Gasteiger partial charge in [-0.2, -0.15) is 13.2 Å². The largest absolute Gasteiger partial charge is 0.434 e. The molecule has 0 radical (unpaired) electrons. The molecule has 0 N–H and O–H groups in total. The van der Waals surface area contributed by atoms with E-state index < -0.39 is 11.9 Å². The van der Waals surface area contributed by atoms with Crippen LogP contribution in [0, 0.1) is 3.70 Å². The predicted octanol–water partition coefficient (Wildman–Crippen LogP) is 3.72. The van der Waals surface area contributed by atoms with Crippen LogP contribution in [0.3, 0.4) is 0 Å². The molecule has 0 unspecified atom stereocenters. The Morgan fingerprint density at radius 1 is 1.33 bits per heavy atom. The average Bonchev–Trinajstić information content (AvgIpc) is 2.38. The van der Waals surface area contributed by atoms with Crippen molar-refractivity contribution in [2.45, 2.75) is 6.18 Å². The first-order valence-electron chi connectivity index (χ1n) is 3.80. The number of hydrogen-bond donors (Lipinski definition) is 0. The summed E-state index contributed by atoms with van der Waals surface area (Å²) in [5, 5.41) is 0. The van der Waals surface area contributed by atoms with Crippen LogP contribution >= 0.6 is 38.5 Å². The molecule has 0 aliphatic rings. The minimum absolute atomic E-state index is 0.0433. The van der Waals surface area contributed by atoms with Crippen LogP contribution in [0.15, 0.2) is 22.8 Å². The molecule has 0 bridgehead atoms. The molecule has 0 atom stereocenters. The van der Waals surface area contributed by atoms with Gasteiger partial charge < -0.3 is 0 Å². The predicted molar refractivity (Wildman–Crippen MR) is 60.6 cm³/mol. The van der Waals surface area contributed by atoms with E-state index in [9.17, 15) is 13.2 Å². The number of imidazole rings is 1. The molecule has 15 heavy (non-hydrogen) atoms. The lowest BCUT2D eigenvalue weighted by atomic mass is 10.4. The van der Waals surface area contributed by atoms with E-state index in [1.165, 1.54) is 12.3 Å². The minimum atomic E-state index is -4.39. The van der Waals surface area contributed by atoms with Gasteiger partial charge in [0.2, 0.25) is 0 Å². The van der Waals surface area contributed by atoms with Gasteiger partial charge in [0.25, 0.3) is 0 Å². The zero-order valence-corrected chi connectivity index (χ0v) is 10.8. The molecule has 0 saturated carbocycles. The van der Waals surface area contributed by atoms with Gasteiger partial charge in [-0.15, -0.1) is 0 Å². The number of alkyl halides is 3. The Balaban J connectivity index is 2.82. The molecule has 0 fully saturated rings. The second-order valence-corrected chi connectivity index (χ2v) is 4.76. The van der Waals surface area contributed by atoms with Gasteiger partial charge in [-0.05, 0) is 50.7 Å². The molecule has 2 heterocycles. The standard InChI is InChI=1S/C8H3BrF3IN2/c9-4-1-2-5-14-7(13)6(8(10,11)12)15(5)3-4/h1-3H. The van der Waals surface area contributed by atoms with Gasteiger partial charge in [-0.1, -0.05) is 0 Å². The summed E-state index contributed by atoms with van der Waals surface area (Å²) in [5.41, 5.74) is -0.450. The third-order valence-electron chi connectivity index (χ3n) is 1.81. The Bertz CT molecular complexity index is 520. The summed E-state index contributed by atoms with van der Waals surface area (Å²) in [6, 6.07) is 3.18. The fourth-order valence-electron chi connectivity index (χ4n) is 1.24. The van der Waals surface area contributed by atoms with Gasteiger partial charge in [0.15, 0.2) is 5.69 Å². The van der Waals surface area contributed by atoms with Crippen molar-refractivity contribution >= 4 is 44.2 Å². The summed E-state index contributed by atoms with van der Waals surface area (Å²) in [6.07, 6.45) is -3.04. The highest BCUT2D eigenvalue weighted by molar-refractivity contribution is 14.1. The lowest BCUT2D eigenvalue weighted by Gasteiger charge is -2.06. The van der Waals surface area contributed by atoms with Gasteiger partial charge in [0.05, 0.1) is 0 Å². The lowest BCUT2D eigenvalue weighted by molar-refractivity contribution is -0.142. The quantitative estimate of drug-likeness (QED) is 0.627. The summed E-state index contributed by atoms with van der Waals surface area (Å²) in [4.78, 5) is 3.83. The molecule has 0 aliphatic carbocycles. The Morgan fingerprint density at radius 2 is 2.00 bits per heavy atom. The molecule has 0 aromatic carbocycles. The second kappa shape index (κ2) is 3.62. The van der Waals surface area contributed by atoms with Crippen LogP contribution in [0.25, 0.3) is 5.65 Å². The Morgan fingerprint density at radius 3 is 2.60 bits per heavy atom. The fraction of sp³-hybridized carbons (Fsp3) is 0.125. The molecule has 0 spiro atoms. The minimum Gasteiger partial charge on any atom is -0.294 e. The fourth-order valence-corrected chi connectivity index (χ4v) is 2.39. The molecule has 2 aromatic rings. The monoisotopic (exact) mass is 390 g/mol. The zero-order valence-electron chi connectivity index (χ0n) is 7.02. The summed E-state index contributed by atoms with van der Waals surface area (Å²) < 4.78 is 39.6. The van der Waals surface area contributed by atoms with Crippen LogP contribution in [0.5, 0.6) is 0 Å². The number of halogens is 5. The molecule has 0 aliphatic heterocycles. The third-order valence-corrected chi connectivity index (χ3v) is 3.03. The number of pyridine rings is 1. The van der Waals surface area contributed by atoms with E-state index in [1.54, 1.807) is 28.7 Å². The first-order valence-corrected chi connectivity index (χ1v) is 5.67. The number of fused-ring (bicyclic) bond motifs is 1. The van der Waals surface area contributed by atoms with Crippen LogP contribution in [0.1, 0.15) is 5.69 Å². The maximum Gasteiger partial charge on any atom is 0.434 e. The summed E-state index contributed by atoms with van der Waals surface area (Å²) in [5.74, 6) is 0. The van der Waals surface area contributed by atoms with Crippen LogP contribution in [-0.2, 0) is 6.18 Å². The maximum atomic E-state index is 12.7. The van der Waals surface area contributed by atoms with Crippen LogP contribution in [0.4, 0.5) is 13.2 Å². The van der Waals surface area contributed by atoms with Crippen molar-refractivity contribution in [1.82, 2.24) is 9.38 Å². The highest BCUT2D eigenvalue weighted by Gasteiger charge is 2.37. The first-order chi connectivity index (χ1) is 6.89. The third kappa shape index (κ3) is 1.99. The van der Waals surface area contributed by atoms with Crippen molar-refractivity contribution < 1.29 is 13.2 Å². The van der Waals surface area contributed by atoms with E-state index >= 15 is 0 Å². The lowest BCUT2D eigenvalue weighted by Crippen LogP contribution is -2.10. The zero-order chi connectivity index (χ0) is 11.2. The Labute approximate surface area is 105 Å². The summed E-state index contributed by atoms with van der Waals surface area (Å²) >= 11 is 4.71. The average molecular weight is 391 g/mol. The van der Waals surface area contributed by atoms with Gasteiger partial charge in [-0.25, -0.2) is 4.98 Å². The van der Waals surface area contributed by atoms with Crippen molar-refractivity contribution in [2.24, 2.45) is 0 Å². The van der Waals surface area contributed by atoms with Gasteiger partial charge in [0, 0.05) is 10.7 Å². The Kier molecular flexibility index (Phi) is 2.70. The molecule has 2 nitrogen and oxygen atoms in total. The smallest absolute Gasteiger partial charge is 0.294 e. The first kappa shape index (κ1) is 11.2. The van der Waals surface area contributed by atoms with Crippen molar-refractivity contribution in [3.8, 4) is 0 Å². The van der Waals surface area contributed by atoms with E-state index in [4.69, 9.17) is 0 Å². The molecule has 7 heteroatoms. The molecule has 2 aromatic heterocycles. The van der Waals surface area contributed by atoms with Crippen LogP contribution < -0.4 is 0 Å². The van der Waals surface area contributed by atoms with Crippen molar-refractivity contribution in [1.29, 1.82) is 0 Å². The van der Waals surface area contributed by atoms with E-state index in [1.807, 2.05) is 0 Å². The van der Waals surface area contributed by atoms with E-state index in [-0.39, 0.29) is 9.35 Å². The SMILES string of the molecule is FC(F)(F)c1c(I)nc2ccc(Br)cn12. The van der Waals surface area contributed by atoms with Crippen molar-refractivity contribution in [3.63, 3.8) is 0 Å². The normalized spacial score (nSPS) is 12.3. The highest BCUT2D eigenvalue weighted by atomic mass is 127. The molecule has 0 amide bonds. The van der Waals surface area contributed by atoms with Crippen LogP contribution in [-0.4, -0.2) is 9.38 Å². The van der Waals surface area contributed by atoms with Crippen molar-refractivity contribution in [2.75, 3.05) is 0 Å². The summed E-state index contributed by atoms with van der Waals surface area (Å²) in [7, 11) is 0. The van der Waals surface area contributed by atoms with Crippen molar-refractivity contribution in [3.05, 3.63) is 32.2 Å². The number of nitrogens with zero attached hydrogens (tertiary/aromatic N) is 2. The molecule has 2 rings (SSSR count). The number of rotatable bonds is 0. The molecular formula is C8H3BrF3IN2. The van der Waals surface area contributed by atoms with Gasteiger partial charge in [-0.3, -0.25) is 4.40 Å². The molecule has 80 valence electrons. The molecular weight excluding hydrogens is 388 g/mol.